The van der Waals surface area contributed by atoms with Gasteiger partial charge in [-0.25, -0.2) is 9.78 Å². The zero-order valence-corrected chi connectivity index (χ0v) is 12.5. The number of amides is 1. The molecule has 0 radical (unpaired) electrons. The monoisotopic (exact) mass is 289 g/mol. The van der Waals surface area contributed by atoms with Gasteiger partial charge in [-0.2, -0.15) is 5.26 Å². The first kappa shape index (κ1) is 15.2. The number of likely N-dealkylation sites (tertiary alicyclic amines) is 1. The van der Waals surface area contributed by atoms with Gasteiger partial charge in [0.15, 0.2) is 11.3 Å². The molecule has 1 amide bonds. The van der Waals surface area contributed by atoms with Crippen LogP contribution in [0.3, 0.4) is 0 Å². The Morgan fingerprint density at radius 2 is 2.14 bits per heavy atom. The maximum Gasteiger partial charge on any atom is 0.405 e. The van der Waals surface area contributed by atoms with Crippen LogP contribution in [0.1, 0.15) is 38.6 Å². The van der Waals surface area contributed by atoms with Crippen LogP contribution in [0.25, 0.3) is 0 Å². The minimum absolute atomic E-state index is 0.0855. The lowest BCUT2D eigenvalue weighted by molar-refractivity contribution is 0.00801. The van der Waals surface area contributed by atoms with Crippen molar-refractivity contribution in [3.05, 3.63) is 23.8 Å². The summed E-state index contributed by atoms with van der Waals surface area (Å²) in [4.78, 5) is 21.7. The highest BCUT2D eigenvalue weighted by Gasteiger charge is 2.48. The number of nitriles is 1. The molecule has 1 saturated heterocycles. The summed E-state index contributed by atoms with van der Waals surface area (Å²) < 4.78 is 5.40. The molecule has 1 fully saturated rings. The third-order valence-electron chi connectivity index (χ3n) is 3.71. The second-order valence-electron chi connectivity index (χ2n) is 6.12. The van der Waals surface area contributed by atoms with E-state index in [9.17, 15) is 10.1 Å². The van der Waals surface area contributed by atoms with Crippen LogP contribution in [0.15, 0.2) is 12.4 Å². The standard InChI is InChI=1S/C14H19N5O2/c1-13(2,3)19-7-4-14(9-19,21-12(16)20)11-10(8-15)17-5-6-18-11/h5-6H,4,7,9H2,1-3H3,(H2,16,20)/t14-/m0/s1. The van der Waals surface area contributed by atoms with E-state index < -0.39 is 11.7 Å². The van der Waals surface area contributed by atoms with Crippen molar-refractivity contribution < 1.29 is 9.53 Å². The van der Waals surface area contributed by atoms with Gasteiger partial charge in [0.05, 0.1) is 0 Å². The van der Waals surface area contributed by atoms with Crippen molar-refractivity contribution in [3.63, 3.8) is 0 Å². The lowest BCUT2D eigenvalue weighted by Gasteiger charge is -2.34. The molecule has 112 valence electrons. The Balaban J connectivity index is 2.45. The van der Waals surface area contributed by atoms with Gasteiger partial charge in [0.25, 0.3) is 0 Å². The summed E-state index contributed by atoms with van der Waals surface area (Å²) in [6, 6.07) is 2.00. The zero-order valence-electron chi connectivity index (χ0n) is 12.5. The Morgan fingerprint density at radius 1 is 1.48 bits per heavy atom. The molecule has 2 rings (SSSR count). The van der Waals surface area contributed by atoms with E-state index in [0.29, 0.717) is 18.7 Å². The van der Waals surface area contributed by atoms with Crippen molar-refractivity contribution >= 4 is 6.09 Å². The third-order valence-corrected chi connectivity index (χ3v) is 3.71. The van der Waals surface area contributed by atoms with Crippen molar-refractivity contribution in [2.75, 3.05) is 13.1 Å². The summed E-state index contributed by atoms with van der Waals surface area (Å²) in [6.07, 6.45) is 2.58. The van der Waals surface area contributed by atoms with E-state index in [1.54, 1.807) is 0 Å². The van der Waals surface area contributed by atoms with E-state index in [2.05, 4.69) is 35.6 Å². The summed E-state index contributed by atoms with van der Waals surface area (Å²) in [5, 5.41) is 9.22. The first-order valence-corrected chi connectivity index (χ1v) is 6.73. The van der Waals surface area contributed by atoms with E-state index in [1.807, 2.05) is 6.07 Å². The lowest BCUT2D eigenvalue weighted by atomic mass is 9.96. The molecule has 7 nitrogen and oxygen atoms in total. The van der Waals surface area contributed by atoms with Crippen LogP contribution in [0.5, 0.6) is 0 Å². The molecule has 0 unspecified atom stereocenters. The minimum atomic E-state index is -1.02. The molecule has 21 heavy (non-hydrogen) atoms. The van der Waals surface area contributed by atoms with Crippen LogP contribution in [0, 0.1) is 11.3 Å². The van der Waals surface area contributed by atoms with Gasteiger partial charge in [0, 0.05) is 37.4 Å². The molecule has 0 saturated carbocycles. The predicted octanol–water partition coefficient (Wildman–Crippen LogP) is 1.14. The molecule has 1 aromatic heterocycles. The van der Waals surface area contributed by atoms with E-state index in [0.717, 1.165) is 6.54 Å². The maximum absolute atomic E-state index is 11.3. The number of rotatable bonds is 2. The van der Waals surface area contributed by atoms with Crippen molar-refractivity contribution in [2.24, 2.45) is 5.73 Å². The van der Waals surface area contributed by atoms with E-state index in [-0.39, 0.29) is 11.2 Å². The Labute approximate surface area is 123 Å². The highest BCUT2D eigenvalue weighted by atomic mass is 16.6. The molecule has 1 aliphatic heterocycles. The molecular weight excluding hydrogens is 270 g/mol. The number of hydrogen-bond donors (Lipinski definition) is 1. The van der Waals surface area contributed by atoms with Crippen LogP contribution in [-0.2, 0) is 10.3 Å². The van der Waals surface area contributed by atoms with Crippen LogP contribution < -0.4 is 5.73 Å². The lowest BCUT2D eigenvalue weighted by Crippen LogP contribution is -2.44. The average molecular weight is 289 g/mol. The first-order valence-electron chi connectivity index (χ1n) is 6.73. The second kappa shape index (κ2) is 5.30. The Hall–Kier alpha value is -2.20. The molecule has 1 aliphatic rings. The highest BCUT2D eigenvalue weighted by Crippen LogP contribution is 2.38. The predicted molar refractivity (Wildman–Crippen MR) is 75.0 cm³/mol. The quantitative estimate of drug-likeness (QED) is 0.875. The summed E-state index contributed by atoms with van der Waals surface area (Å²) >= 11 is 0. The van der Waals surface area contributed by atoms with Gasteiger partial charge < -0.3 is 10.5 Å². The molecule has 0 aliphatic carbocycles. The Kier molecular flexibility index (Phi) is 3.83. The number of ether oxygens (including phenoxy) is 1. The number of carbonyl (C=O) groups is 1. The zero-order chi connectivity index (χ0) is 15.7. The largest absolute Gasteiger partial charge is 0.435 e. The maximum atomic E-state index is 11.3. The number of carbonyl (C=O) groups excluding carboxylic acids is 1. The van der Waals surface area contributed by atoms with Gasteiger partial charge in [-0.1, -0.05) is 0 Å². The summed E-state index contributed by atoms with van der Waals surface area (Å²) in [7, 11) is 0. The van der Waals surface area contributed by atoms with Crippen molar-refractivity contribution in [2.45, 2.75) is 38.3 Å². The van der Waals surface area contributed by atoms with Crippen LogP contribution in [0.4, 0.5) is 4.79 Å². The number of primary amides is 1. The molecule has 0 bridgehead atoms. The van der Waals surface area contributed by atoms with Gasteiger partial charge in [0.1, 0.15) is 11.8 Å². The number of nitrogens with zero attached hydrogens (tertiary/aromatic N) is 4. The second-order valence-corrected chi connectivity index (χ2v) is 6.12. The highest BCUT2D eigenvalue weighted by molar-refractivity contribution is 5.65. The Morgan fingerprint density at radius 3 is 2.67 bits per heavy atom. The SMILES string of the molecule is CC(C)(C)N1CC[C@@](OC(N)=O)(c2nccnc2C#N)C1. The summed E-state index contributed by atoms with van der Waals surface area (Å²) in [6.45, 7) is 7.39. The van der Waals surface area contributed by atoms with Crippen LogP contribution >= 0.6 is 0 Å². The Bertz CT molecular complexity index is 590. The molecular formula is C14H19N5O2. The summed E-state index contributed by atoms with van der Waals surface area (Å²) in [5.41, 5.74) is 4.66. The van der Waals surface area contributed by atoms with Crippen LogP contribution in [0.2, 0.25) is 0 Å². The van der Waals surface area contributed by atoms with E-state index in [4.69, 9.17) is 10.5 Å². The molecule has 0 spiro atoms. The molecule has 1 atom stereocenters. The minimum Gasteiger partial charge on any atom is -0.435 e. The number of nitrogens with two attached hydrogens (primary N) is 1. The van der Waals surface area contributed by atoms with E-state index >= 15 is 0 Å². The van der Waals surface area contributed by atoms with Gasteiger partial charge in [0.2, 0.25) is 0 Å². The van der Waals surface area contributed by atoms with Crippen LogP contribution in [-0.4, -0.2) is 39.6 Å². The normalized spacial score (nSPS) is 22.8. The fraction of sp³-hybridized carbons (Fsp3) is 0.571. The van der Waals surface area contributed by atoms with Gasteiger partial charge in [-0.15, -0.1) is 0 Å². The molecule has 0 aromatic carbocycles. The van der Waals surface area contributed by atoms with Crippen molar-refractivity contribution in [1.82, 2.24) is 14.9 Å². The van der Waals surface area contributed by atoms with Gasteiger partial charge in [-0.05, 0) is 20.8 Å². The fourth-order valence-electron chi connectivity index (χ4n) is 2.63. The topological polar surface area (TPSA) is 105 Å². The van der Waals surface area contributed by atoms with Gasteiger partial charge >= 0.3 is 6.09 Å². The molecule has 7 heteroatoms. The summed E-state index contributed by atoms with van der Waals surface area (Å²) in [5.74, 6) is 0. The average Bonchev–Trinajstić information content (AvgIpc) is 2.83. The molecule has 1 aromatic rings. The smallest absolute Gasteiger partial charge is 0.405 e. The third kappa shape index (κ3) is 2.95. The number of aromatic nitrogens is 2. The first-order chi connectivity index (χ1) is 9.78. The molecule has 2 heterocycles. The van der Waals surface area contributed by atoms with Crippen molar-refractivity contribution in [3.8, 4) is 6.07 Å². The van der Waals surface area contributed by atoms with E-state index in [1.165, 1.54) is 12.4 Å². The molecule has 2 N–H and O–H groups in total. The van der Waals surface area contributed by atoms with Gasteiger partial charge in [-0.3, -0.25) is 9.88 Å². The fourth-order valence-corrected chi connectivity index (χ4v) is 2.63. The number of hydrogen-bond acceptors (Lipinski definition) is 6. The van der Waals surface area contributed by atoms with Crippen molar-refractivity contribution in [1.29, 1.82) is 5.26 Å².